The van der Waals surface area contributed by atoms with Gasteiger partial charge in [0, 0.05) is 17.3 Å². The number of halogens is 1. The molecule has 7 nitrogen and oxygen atoms in total. The number of ether oxygens (including phenoxy) is 1. The standard InChI is InChI=1S/C18H14FN5O2/c1-26-16-7-12(6-15(19)17(16)25)13-8-22-24(9-13)14-4-2-11(3-5-14)18-20-10-21-23-18/h2-9,25H,10H2,1H3. The van der Waals surface area contributed by atoms with Crippen molar-refractivity contribution in [2.45, 2.75) is 0 Å². The highest BCUT2D eigenvalue weighted by atomic mass is 19.1. The second-order valence-corrected chi connectivity index (χ2v) is 5.59. The lowest BCUT2D eigenvalue weighted by Crippen LogP contribution is -1.97. The Morgan fingerprint density at radius 1 is 1.12 bits per heavy atom. The first-order valence-electron chi connectivity index (χ1n) is 7.80. The third kappa shape index (κ3) is 2.81. The van der Waals surface area contributed by atoms with Gasteiger partial charge in [0.15, 0.2) is 29.8 Å². The molecular formula is C18H14FN5O2. The Morgan fingerprint density at radius 3 is 2.62 bits per heavy atom. The molecule has 0 saturated carbocycles. The molecule has 0 saturated heterocycles. The second-order valence-electron chi connectivity index (χ2n) is 5.59. The molecule has 2 aromatic carbocycles. The van der Waals surface area contributed by atoms with E-state index in [0.29, 0.717) is 23.6 Å². The summed E-state index contributed by atoms with van der Waals surface area (Å²) in [5.74, 6) is -0.567. The maximum Gasteiger partial charge on any atom is 0.194 e. The quantitative estimate of drug-likeness (QED) is 0.780. The minimum atomic E-state index is -0.747. The number of phenolic OH excluding ortho intramolecular Hbond substituents is 1. The van der Waals surface area contributed by atoms with Gasteiger partial charge in [0.1, 0.15) is 0 Å². The molecule has 0 amide bonds. The van der Waals surface area contributed by atoms with Gasteiger partial charge < -0.3 is 9.84 Å². The van der Waals surface area contributed by atoms with Crippen LogP contribution in [-0.4, -0.2) is 34.5 Å². The molecule has 0 fully saturated rings. The summed E-state index contributed by atoms with van der Waals surface area (Å²) >= 11 is 0. The molecule has 1 aliphatic rings. The molecule has 2 heterocycles. The molecule has 4 rings (SSSR count). The fourth-order valence-electron chi connectivity index (χ4n) is 2.65. The molecule has 1 N–H and O–H groups in total. The molecule has 1 aliphatic heterocycles. The van der Waals surface area contributed by atoms with E-state index in [1.54, 1.807) is 23.1 Å². The third-order valence-electron chi connectivity index (χ3n) is 4.00. The average molecular weight is 351 g/mol. The van der Waals surface area contributed by atoms with E-state index in [0.717, 1.165) is 11.3 Å². The van der Waals surface area contributed by atoms with Crippen molar-refractivity contribution in [1.82, 2.24) is 9.78 Å². The first-order chi connectivity index (χ1) is 12.7. The van der Waals surface area contributed by atoms with Gasteiger partial charge in [-0.1, -0.05) is 0 Å². The summed E-state index contributed by atoms with van der Waals surface area (Å²) in [5.41, 5.74) is 2.97. The van der Waals surface area contributed by atoms with Crippen LogP contribution in [0.5, 0.6) is 11.5 Å². The van der Waals surface area contributed by atoms with Crippen LogP contribution in [0.25, 0.3) is 16.8 Å². The summed E-state index contributed by atoms with van der Waals surface area (Å²) in [6, 6.07) is 10.4. The van der Waals surface area contributed by atoms with E-state index < -0.39 is 11.6 Å². The number of azo groups is 1. The minimum absolute atomic E-state index is 0.0728. The Balaban J connectivity index is 1.64. The summed E-state index contributed by atoms with van der Waals surface area (Å²) in [4.78, 5) is 4.18. The molecule has 26 heavy (non-hydrogen) atoms. The highest BCUT2D eigenvalue weighted by Crippen LogP contribution is 2.34. The van der Waals surface area contributed by atoms with Crippen molar-refractivity contribution in [1.29, 1.82) is 0 Å². The number of methoxy groups -OCH3 is 1. The van der Waals surface area contributed by atoms with Crippen molar-refractivity contribution in [3.63, 3.8) is 0 Å². The van der Waals surface area contributed by atoms with Crippen LogP contribution in [0.2, 0.25) is 0 Å². The largest absolute Gasteiger partial charge is 0.502 e. The fraction of sp³-hybridized carbons (Fsp3) is 0.111. The Bertz CT molecular complexity index is 1020. The predicted octanol–water partition coefficient (Wildman–Crippen LogP) is 3.56. The normalized spacial score (nSPS) is 13.1. The molecule has 0 spiro atoms. The van der Waals surface area contributed by atoms with Gasteiger partial charge >= 0.3 is 0 Å². The van der Waals surface area contributed by atoms with Crippen molar-refractivity contribution in [3.8, 4) is 28.3 Å². The molecule has 0 bridgehead atoms. The lowest BCUT2D eigenvalue weighted by atomic mass is 10.1. The van der Waals surface area contributed by atoms with E-state index >= 15 is 0 Å². The number of aliphatic imine (C=N–C) groups is 1. The van der Waals surface area contributed by atoms with Crippen LogP contribution in [-0.2, 0) is 0 Å². The summed E-state index contributed by atoms with van der Waals surface area (Å²) < 4.78 is 20.5. The van der Waals surface area contributed by atoms with Crippen LogP contribution in [0.1, 0.15) is 5.56 Å². The van der Waals surface area contributed by atoms with Crippen LogP contribution in [0, 0.1) is 5.82 Å². The molecule has 0 unspecified atom stereocenters. The van der Waals surface area contributed by atoms with Crippen molar-refractivity contribution in [2.24, 2.45) is 15.2 Å². The predicted molar refractivity (Wildman–Crippen MR) is 93.4 cm³/mol. The van der Waals surface area contributed by atoms with Crippen molar-refractivity contribution in [2.75, 3.05) is 13.8 Å². The van der Waals surface area contributed by atoms with Gasteiger partial charge in [-0.3, -0.25) is 0 Å². The summed E-state index contributed by atoms with van der Waals surface area (Å²) in [5, 5.41) is 21.7. The van der Waals surface area contributed by atoms with E-state index in [1.807, 2.05) is 24.3 Å². The molecule has 0 aliphatic carbocycles. The van der Waals surface area contributed by atoms with Crippen molar-refractivity contribution >= 4 is 5.84 Å². The number of aromatic nitrogens is 2. The third-order valence-corrected chi connectivity index (χ3v) is 4.00. The summed E-state index contributed by atoms with van der Waals surface area (Å²) in [6.45, 7) is 0.367. The van der Waals surface area contributed by atoms with E-state index in [9.17, 15) is 9.50 Å². The zero-order chi connectivity index (χ0) is 18.1. The minimum Gasteiger partial charge on any atom is -0.502 e. The lowest BCUT2D eigenvalue weighted by Gasteiger charge is -2.06. The van der Waals surface area contributed by atoms with Crippen LogP contribution < -0.4 is 4.74 Å². The topological polar surface area (TPSA) is 84.4 Å². The molecule has 1 aromatic heterocycles. The maximum atomic E-state index is 13.8. The van der Waals surface area contributed by atoms with Gasteiger partial charge in [-0.2, -0.15) is 10.2 Å². The molecule has 3 aromatic rings. The van der Waals surface area contributed by atoms with Gasteiger partial charge in [-0.15, -0.1) is 5.11 Å². The van der Waals surface area contributed by atoms with Crippen LogP contribution >= 0.6 is 0 Å². The van der Waals surface area contributed by atoms with Gasteiger partial charge in [0.05, 0.1) is 19.0 Å². The average Bonchev–Trinajstić information content (AvgIpc) is 3.36. The van der Waals surface area contributed by atoms with Gasteiger partial charge in [0.25, 0.3) is 0 Å². The van der Waals surface area contributed by atoms with Gasteiger partial charge in [-0.05, 0) is 42.0 Å². The van der Waals surface area contributed by atoms with E-state index in [4.69, 9.17) is 4.74 Å². The molecule has 130 valence electrons. The Hall–Kier alpha value is -3.55. The van der Waals surface area contributed by atoms with Crippen LogP contribution in [0.15, 0.2) is 64.0 Å². The van der Waals surface area contributed by atoms with Crippen LogP contribution in [0.4, 0.5) is 4.39 Å². The van der Waals surface area contributed by atoms with E-state index in [2.05, 4.69) is 20.3 Å². The van der Waals surface area contributed by atoms with Crippen LogP contribution in [0.3, 0.4) is 0 Å². The van der Waals surface area contributed by atoms with Crippen molar-refractivity contribution in [3.05, 3.63) is 60.2 Å². The molecule has 0 atom stereocenters. The second kappa shape index (κ2) is 6.40. The zero-order valence-electron chi connectivity index (χ0n) is 13.8. The number of nitrogens with zero attached hydrogens (tertiary/aromatic N) is 5. The highest BCUT2D eigenvalue weighted by Gasteiger charge is 2.13. The lowest BCUT2D eigenvalue weighted by molar-refractivity contribution is 0.357. The Morgan fingerprint density at radius 2 is 1.92 bits per heavy atom. The number of amidine groups is 1. The SMILES string of the molecule is COc1cc(-c2cnn(-c3ccc(C4=NCN=N4)cc3)c2)cc(F)c1O. The highest BCUT2D eigenvalue weighted by molar-refractivity contribution is 5.99. The molecular weight excluding hydrogens is 337 g/mol. The zero-order valence-corrected chi connectivity index (χ0v) is 13.8. The Labute approximate surface area is 148 Å². The van der Waals surface area contributed by atoms with E-state index in [-0.39, 0.29) is 5.75 Å². The Kier molecular flexibility index (Phi) is 3.92. The number of hydrogen-bond donors (Lipinski definition) is 1. The number of hydrogen-bond acceptors (Lipinski definition) is 6. The summed E-state index contributed by atoms with van der Waals surface area (Å²) in [7, 11) is 1.37. The summed E-state index contributed by atoms with van der Waals surface area (Å²) in [6.07, 6.45) is 3.39. The van der Waals surface area contributed by atoms with Gasteiger partial charge in [-0.25, -0.2) is 14.1 Å². The first-order valence-corrected chi connectivity index (χ1v) is 7.80. The number of phenols is 1. The monoisotopic (exact) mass is 351 g/mol. The molecule has 0 radical (unpaired) electrons. The van der Waals surface area contributed by atoms with Gasteiger partial charge in [0.2, 0.25) is 0 Å². The maximum absolute atomic E-state index is 13.8. The first kappa shape index (κ1) is 15.9. The van der Waals surface area contributed by atoms with E-state index in [1.165, 1.54) is 13.2 Å². The number of aromatic hydroxyl groups is 1. The van der Waals surface area contributed by atoms with Crippen molar-refractivity contribution < 1.29 is 14.2 Å². The number of benzene rings is 2. The fourth-order valence-corrected chi connectivity index (χ4v) is 2.65. The molecule has 8 heteroatoms. The number of rotatable bonds is 4. The smallest absolute Gasteiger partial charge is 0.194 e.